The van der Waals surface area contributed by atoms with E-state index in [0.29, 0.717) is 6.54 Å². The van der Waals surface area contributed by atoms with Crippen LogP contribution >= 0.6 is 0 Å². The van der Waals surface area contributed by atoms with Crippen molar-refractivity contribution in [2.45, 2.75) is 32.1 Å². The van der Waals surface area contributed by atoms with Gasteiger partial charge in [-0.1, -0.05) is 50.8 Å². The fraction of sp³-hybridized carbons (Fsp3) is 0.429. The highest BCUT2D eigenvalue weighted by Gasteiger charge is 2.26. The molecule has 0 unspecified atom stereocenters. The van der Waals surface area contributed by atoms with Crippen molar-refractivity contribution in [2.75, 3.05) is 6.54 Å². The Labute approximate surface area is 93.0 Å². The average molecular weight is 203 g/mol. The molecule has 82 valence electrons. The SMILES string of the molecule is C=Cc1ccc(C(CC)(CC)CN)cc1. The highest BCUT2D eigenvalue weighted by atomic mass is 14.6. The van der Waals surface area contributed by atoms with Crippen LogP contribution in [0.4, 0.5) is 0 Å². The van der Waals surface area contributed by atoms with Crippen LogP contribution in [-0.4, -0.2) is 6.54 Å². The Morgan fingerprint density at radius 1 is 1.20 bits per heavy atom. The van der Waals surface area contributed by atoms with Crippen LogP contribution in [0.3, 0.4) is 0 Å². The predicted octanol–water partition coefficient (Wildman–Crippen LogP) is 3.35. The molecule has 0 aromatic heterocycles. The van der Waals surface area contributed by atoms with Crippen molar-refractivity contribution < 1.29 is 0 Å². The standard InChI is InChI=1S/C14H21N/c1-4-12-7-9-13(10-8-12)14(5-2,6-3)11-15/h4,7-10H,1,5-6,11,15H2,2-3H3. The molecule has 0 amide bonds. The van der Waals surface area contributed by atoms with Crippen molar-refractivity contribution in [3.63, 3.8) is 0 Å². The zero-order chi connectivity index (χ0) is 11.3. The molecule has 0 atom stereocenters. The van der Waals surface area contributed by atoms with E-state index >= 15 is 0 Å². The molecular weight excluding hydrogens is 182 g/mol. The van der Waals surface area contributed by atoms with Crippen molar-refractivity contribution in [3.05, 3.63) is 42.0 Å². The second-order valence-corrected chi connectivity index (χ2v) is 4.02. The Kier molecular flexibility index (Phi) is 4.10. The van der Waals surface area contributed by atoms with Gasteiger partial charge in [0, 0.05) is 12.0 Å². The van der Waals surface area contributed by atoms with Gasteiger partial charge in [-0.25, -0.2) is 0 Å². The maximum atomic E-state index is 5.91. The van der Waals surface area contributed by atoms with Gasteiger partial charge in [-0.2, -0.15) is 0 Å². The summed E-state index contributed by atoms with van der Waals surface area (Å²) in [4.78, 5) is 0. The summed E-state index contributed by atoms with van der Waals surface area (Å²) < 4.78 is 0. The van der Waals surface area contributed by atoms with Crippen molar-refractivity contribution in [3.8, 4) is 0 Å². The predicted molar refractivity (Wildman–Crippen MR) is 67.8 cm³/mol. The molecule has 0 aliphatic rings. The van der Waals surface area contributed by atoms with E-state index in [-0.39, 0.29) is 5.41 Å². The van der Waals surface area contributed by atoms with E-state index in [0.717, 1.165) is 18.4 Å². The largest absolute Gasteiger partial charge is 0.330 e. The summed E-state index contributed by atoms with van der Waals surface area (Å²) in [5.41, 5.74) is 8.58. The molecule has 2 N–H and O–H groups in total. The van der Waals surface area contributed by atoms with Gasteiger partial charge in [0.25, 0.3) is 0 Å². The van der Waals surface area contributed by atoms with E-state index in [2.05, 4.69) is 44.7 Å². The number of benzene rings is 1. The third-order valence-electron chi connectivity index (χ3n) is 3.50. The average Bonchev–Trinajstić information content (AvgIpc) is 2.33. The van der Waals surface area contributed by atoms with E-state index in [1.54, 1.807) is 0 Å². The highest BCUT2D eigenvalue weighted by molar-refractivity contribution is 5.48. The molecule has 15 heavy (non-hydrogen) atoms. The van der Waals surface area contributed by atoms with E-state index < -0.39 is 0 Å². The molecular formula is C14H21N. The third kappa shape index (κ3) is 2.29. The van der Waals surface area contributed by atoms with Crippen molar-refractivity contribution in [2.24, 2.45) is 5.73 Å². The molecule has 0 saturated heterocycles. The fourth-order valence-electron chi connectivity index (χ4n) is 2.04. The molecule has 1 heteroatoms. The van der Waals surface area contributed by atoms with E-state index in [1.165, 1.54) is 5.56 Å². The first-order valence-corrected chi connectivity index (χ1v) is 5.65. The van der Waals surface area contributed by atoms with E-state index in [1.807, 2.05) is 6.08 Å². The normalized spacial score (nSPS) is 11.4. The number of rotatable bonds is 5. The first-order chi connectivity index (χ1) is 7.22. The van der Waals surface area contributed by atoms with Gasteiger partial charge in [0.1, 0.15) is 0 Å². The molecule has 1 aromatic carbocycles. The number of nitrogens with two attached hydrogens (primary N) is 1. The zero-order valence-electron chi connectivity index (χ0n) is 9.79. The minimum Gasteiger partial charge on any atom is -0.330 e. The number of hydrogen-bond acceptors (Lipinski definition) is 1. The molecule has 1 nitrogen and oxygen atoms in total. The molecule has 1 aromatic rings. The molecule has 0 fully saturated rings. The lowest BCUT2D eigenvalue weighted by Gasteiger charge is -2.30. The van der Waals surface area contributed by atoms with Crippen LogP contribution < -0.4 is 5.73 Å². The lowest BCUT2D eigenvalue weighted by Crippen LogP contribution is -2.33. The van der Waals surface area contributed by atoms with Crippen LogP contribution in [0, 0.1) is 0 Å². The lowest BCUT2D eigenvalue weighted by molar-refractivity contribution is 0.407. The second-order valence-electron chi connectivity index (χ2n) is 4.02. The Balaban J connectivity index is 3.06. The van der Waals surface area contributed by atoms with Crippen LogP contribution in [0.15, 0.2) is 30.8 Å². The maximum Gasteiger partial charge on any atom is 0.00703 e. The van der Waals surface area contributed by atoms with Crippen LogP contribution in [0.25, 0.3) is 6.08 Å². The van der Waals surface area contributed by atoms with Gasteiger partial charge in [-0.15, -0.1) is 0 Å². The summed E-state index contributed by atoms with van der Waals surface area (Å²) in [6.07, 6.45) is 4.05. The van der Waals surface area contributed by atoms with Crippen molar-refractivity contribution in [1.82, 2.24) is 0 Å². The molecule has 0 bridgehead atoms. The van der Waals surface area contributed by atoms with Crippen LogP contribution in [0.2, 0.25) is 0 Å². The first-order valence-electron chi connectivity index (χ1n) is 5.65. The smallest absolute Gasteiger partial charge is 0.00703 e. The first kappa shape index (κ1) is 12.0. The number of hydrogen-bond donors (Lipinski definition) is 1. The van der Waals surface area contributed by atoms with E-state index in [9.17, 15) is 0 Å². The van der Waals surface area contributed by atoms with Gasteiger partial charge in [0.15, 0.2) is 0 Å². The molecule has 0 radical (unpaired) electrons. The van der Waals surface area contributed by atoms with Gasteiger partial charge in [0.05, 0.1) is 0 Å². The van der Waals surface area contributed by atoms with Crippen LogP contribution in [-0.2, 0) is 5.41 Å². The molecule has 0 aliphatic carbocycles. The Hall–Kier alpha value is -1.08. The monoisotopic (exact) mass is 203 g/mol. The summed E-state index contributed by atoms with van der Waals surface area (Å²) in [5, 5.41) is 0. The van der Waals surface area contributed by atoms with Gasteiger partial charge in [-0.3, -0.25) is 0 Å². The molecule has 0 heterocycles. The minimum absolute atomic E-state index is 0.152. The van der Waals surface area contributed by atoms with Gasteiger partial charge < -0.3 is 5.73 Å². The Morgan fingerprint density at radius 2 is 1.73 bits per heavy atom. The summed E-state index contributed by atoms with van der Waals surface area (Å²) in [7, 11) is 0. The quantitative estimate of drug-likeness (QED) is 0.780. The lowest BCUT2D eigenvalue weighted by atomic mass is 9.76. The summed E-state index contributed by atoms with van der Waals surface area (Å²) >= 11 is 0. The fourth-order valence-corrected chi connectivity index (χ4v) is 2.04. The third-order valence-corrected chi connectivity index (χ3v) is 3.50. The van der Waals surface area contributed by atoms with Crippen LogP contribution in [0.5, 0.6) is 0 Å². The van der Waals surface area contributed by atoms with Crippen molar-refractivity contribution >= 4 is 6.08 Å². The van der Waals surface area contributed by atoms with Gasteiger partial charge in [-0.05, 0) is 24.0 Å². The topological polar surface area (TPSA) is 26.0 Å². The summed E-state index contributed by atoms with van der Waals surface area (Å²) in [5.74, 6) is 0. The molecule has 0 aliphatic heterocycles. The molecule has 0 saturated carbocycles. The van der Waals surface area contributed by atoms with Crippen molar-refractivity contribution in [1.29, 1.82) is 0 Å². The maximum absolute atomic E-state index is 5.91. The Bertz CT molecular complexity index is 298. The molecule has 0 spiro atoms. The zero-order valence-corrected chi connectivity index (χ0v) is 9.79. The summed E-state index contributed by atoms with van der Waals surface area (Å²) in [6.45, 7) is 8.89. The Morgan fingerprint density at radius 3 is 2.07 bits per heavy atom. The van der Waals surface area contributed by atoms with Gasteiger partial charge >= 0.3 is 0 Å². The molecule has 1 rings (SSSR count). The highest BCUT2D eigenvalue weighted by Crippen LogP contribution is 2.30. The van der Waals surface area contributed by atoms with Crippen LogP contribution in [0.1, 0.15) is 37.8 Å². The van der Waals surface area contributed by atoms with Gasteiger partial charge in [0.2, 0.25) is 0 Å². The summed E-state index contributed by atoms with van der Waals surface area (Å²) in [6, 6.07) is 8.57. The minimum atomic E-state index is 0.152. The van der Waals surface area contributed by atoms with E-state index in [4.69, 9.17) is 5.73 Å². The second kappa shape index (κ2) is 5.13.